The number of carbonyl (C=O) groups is 1. The molecule has 0 saturated carbocycles. The molecule has 0 fully saturated rings. The molecule has 5 aromatic rings. The van der Waals surface area contributed by atoms with E-state index in [9.17, 15) is 18.0 Å². The Morgan fingerprint density at radius 1 is 1.07 bits per heavy atom. The normalized spacial score (nSPS) is 16.3. The lowest BCUT2D eigenvalue weighted by molar-refractivity contribution is -0.147. The zero-order valence-corrected chi connectivity index (χ0v) is 24.2. The highest BCUT2D eigenvalue weighted by Crippen LogP contribution is 2.34. The molecule has 0 radical (unpaired) electrons. The van der Waals surface area contributed by atoms with Gasteiger partial charge in [-0.05, 0) is 50.5 Å². The number of benzene rings is 1. The summed E-state index contributed by atoms with van der Waals surface area (Å²) in [5, 5.41) is 19.7. The standard InChI is InChI=1S/C29H31F3N10O/c1-28(2,3)42-16-24(37-38-42)27(43)36-22-8-10-40(17-29(30,31)32)14-19-11-18(5-6-21(19)22)26-25-7-9-33-41(25)15-23(35-26)20-12-34-39(4)13-20/h5-7,9,11-13,15-16,22H,8,10,14,17H2,1-4H3,(H,36,43). The summed E-state index contributed by atoms with van der Waals surface area (Å²) >= 11 is 0. The van der Waals surface area contributed by atoms with Crippen LogP contribution in [0.4, 0.5) is 13.2 Å². The Kier molecular flexibility index (Phi) is 7.03. The number of nitrogens with zero attached hydrogens (tertiary/aromatic N) is 9. The summed E-state index contributed by atoms with van der Waals surface area (Å²) in [6.45, 7) is 4.97. The van der Waals surface area contributed by atoms with E-state index in [4.69, 9.17) is 4.98 Å². The topological polar surface area (TPSA) is 111 Å². The van der Waals surface area contributed by atoms with Crippen LogP contribution < -0.4 is 5.32 Å². The maximum Gasteiger partial charge on any atom is 0.401 e. The van der Waals surface area contributed by atoms with E-state index in [1.165, 1.54) is 4.90 Å². The van der Waals surface area contributed by atoms with Crippen molar-refractivity contribution in [3.05, 3.63) is 72.1 Å². The van der Waals surface area contributed by atoms with Crippen molar-refractivity contribution in [2.45, 2.75) is 51.5 Å². The molecule has 1 N–H and O–H groups in total. The Hall–Kier alpha value is -4.59. The van der Waals surface area contributed by atoms with Gasteiger partial charge in [0.2, 0.25) is 0 Å². The second-order valence-corrected chi connectivity index (χ2v) is 11.8. The van der Waals surface area contributed by atoms with E-state index >= 15 is 0 Å². The Bertz CT molecular complexity index is 1800. The van der Waals surface area contributed by atoms with Crippen LogP contribution in [0, 0.1) is 0 Å². The van der Waals surface area contributed by atoms with Crippen LogP contribution in [0.25, 0.3) is 28.0 Å². The van der Waals surface area contributed by atoms with E-state index in [2.05, 4.69) is 25.8 Å². The Morgan fingerprint density at radius 3 is 2.58 bits per heavy atom. The number of aromatic nitrogens is 8. The average molecular weight is 593 g/mol. The monoisotopic (exact) mass is 592 g/mol. The molecule has 1 unspecified atom stereocenters. The van der Waals surface area contributed by atoms with Crippen LogP contribution in [-0.2, 0) is 19.1 Å². The van der Waals surface area contributed by atoms with Crippen molar-refractivity contribution in [2.24, 2.45) is 7.05 Å². The number of hydrogen-bond donors (Lipinski definition) is 1. The Balaban J connectivity index is 1.38. The molecule has 14 heteroatoms. The number of hydrogen-bond acceptors (Lipinski definition) is 7. The maximum absolute atomic E-state index is 13.5. The molecule has 1 aliphatic heterocycles. The third-order valence-electron chi connectivity index (χ3n) is 7.43. The third-order valence-corrected chi connectivity index (χ3v) is 7.43. The molecular weight excluding hydrogens is 561 g/mol. The third kappa shape index (κ3) is 6.00. The second kappa shape index (κ2) is 10.6. The van der Waals surface area contributed by atoms with Gasteiger partial charge in [0, 0.05) is 37.5 Å². The van der Waals surface area contributed by atoms with Crippen LogP contribution in [0.15, 0.2) is 55.2 Å². The van der Waals surface area contributed by atoms with Crippen molar-refractivity contribution >= 4 is 11.4 Å². The first-order chi connectivity index (χ1) is 20.3. The van der Waals surface area contributed by atoms with Crippen molar-refractivity contribution in [1.29, 1.82) is 0 Å². The molecule has 0 aliphatic carbocycles. The first-order valence-corrected chi connectivity index (χ1v) is 13.8. The van der Waals surface area contributed by atoms with Gasteiger partial charge in [-0.15, -0.1) is 5.10 Å². The van der Waals surface area contributed by atoms with Crippen molar-refractivity contribution in [1.82, 2.24) is 49.6 Å². The van der Waals surface area contributed by atoms with Crippen LogP contribution >= 0.6 is 0 Å². The molecule has 4 aromatic heterocycles. The minimum absolute atomic E-state index is 0.0626. The first-order valence-electron chi connectivity index (χ1n) is 13.8. The quantitative estimate of drug-likeness (QED) is 0.323. The fraction of sp³-hybridized carbons (Fsp3) is 0.379. The molecule has 5 heterocycles. The zero-order valence-electron chi connectivity index (χ0n) is 24.2. The largest absolute Gasteiger partial charge is 0.401 e. The van der Waals surface area contributed by atoms with Gasteiger partial charge in [-0.25, -0.2) is 14.2 Å². The van der Waals surface area contributed by atoms with Crippen LogP contribution in [0.2, 0.25) is 0 Å². The van der Waals surface area contributed by atoms with E-state index in [0.29, 0.717) is 23.4 Å². The van der Waals surface area contributed by atoms with Gasteiger partial charge in [-0.2, -0.15) is 23.4 Å². The molecule has 0 bridgehead atoms. The van der Waals surface area contributed by atoms with Crippen LogP contribution in [0.5, 0.6) is 0 Å². The van der Waals surface area contributed by atoms with Gasteiger partial charge >= 0.3 is 6.18 Å². The number of amides is 1. The highest BCUT2D eigenvalue weighted by Gasteiger charge is 2.34. The van der Waals surface area contributed by atoms with Gasteiger partial charge in [0.1, 0.15) is 0 Å². The Morgan fingerprint density at radius 2 is 1.88 bits per heavy atom. The molecule has 6 rings (SSSR count). The smallest absolute Gasteiger partial charge is 0.344 e. The molecule has 1 atom stereocenters. The zero-order chi connectivity index (χ0) is 30.5. The molecule has 224 valence electrons. The molecular formula is C29H31F3N10O. The SMILES string of the molecule is Cn1cc(-c2cn3nccc3c(-c3ccc4c(c3)CN(CC(F)(F)F)CCC4NC(=O)c3cn(C(C)(C)C)nn3)n2)cn1. The highest BCUT2D eigenvalue weighted by atomic mass is 19.4. The van der Waals surface area contributed by atoms with Gasteiger partial charge in [0.05, 0.1) is 59.8 Å². The van der Waals surface area contributed by atoms with Gasteiger partial charge < -0.3 is 5.32 Å². The molecule has 1 aliphatic rings. The minimum Gasteiger partial charge on any atom is -0.344 e. The number of alkyl halides is 3. The summed E-state index contributed by atoms with van der Waals surface area (Å²) in [7, 11) is 1.82. The highest BCUT2D eigenvalue weighted by molar-refractivity contribution is 5.92. The summed E-state index contributed by atoms with van der Waals surface area (Å²) in [6.07, 6.45) is 4.54. The number of nitrogens with one attached hydrogen (secondary N) is 1. The average Bonchev–Trinajstić information content (AvgIpc) is 3.68. The molecule has 43 heavy (non-hydrogen) atoms. The molecule has 0 spiro atoms. The maximum atomic E-state index is 13.5. The number of carbonyl (C=O) groups excluding carboxylic acids is 1. The lowest BCUT2D eigenvalue weighted by atomic mass is 9.95. The van der Waals surface area contributed by atoms with Crippen LogP contribution in [0.1, 0.15) is 54.8 Å². The predicted octanol–water partition coefficient (Wildman–Crippen LogP) is 4.38. The summed E-state index contributed by atoms with van der Waals surface area (Å²) in [4.78, 5) is 19.5. The minimum atomic E-state index is -4.37. The number of rotatable bonds is 5. The van der Waals surface area contributed by atoms with E-state index in [-0.39, 0.29) is 24.3 Å². The molecule has 11 nitrogen and oxygen atoms in total. The van der Waals surface area contributed by atoms with Crippen molar-refractivity contribution in [3.63, 3.8) is 0 Å². The van der Waals surface area contributed by atoms with E-state index in [1.54, 1.807) is 32.5 Å². The fourth-order valence-electron chi connectivity index (χ4n) is 5.32. The predicted molar refractivity (Wildman–Crippen MR) is 152 cm³/mol. The summed E-state index contributed by atoms with van der Waals surface area (Å²) in [6, 6.07) is 6.92. The fourth-order valence-corrected chi connectivity index (χ4v) is 5.32. The summed E-state index contributed by atoms with van der Waals surface area (Å²) in [5.41, 5.74) is 4.77. The van der Waals surface area contributed by atoms with Crippen molar-refractivity contribution < 1.29 is 18.0 Å². The summed E-state index contributed by atoms with van der Waals surface area (Å²) in [5.74, 6) is -0.438. The number of aryl methyl sites for hydroxylation is 1. The van der Waals surface area contributed by atoms with Crippen molar-refractivity contribution in [2.75, 3.05) is 13.1 Å². The van der Waals surface area contributed by atoms with Gasteiger partial charge in [0.25, 0.3) is 5.91 Å². The van der Waals surface area contributed by atoms with E-state index in [0.717, 1.165) is 22.2 Å². The van der Waals surface area contributed by atoms with Gasteiger partial charge in [-0.3, -0.25) is 14.4 Å². The second-order valence-electron chi connectivity index (χ2n) is 11.8. The molecule has 0 saturated heterocycles. The van der Waals surface area contributed by atoms with E-state index in [1.807, 2.05) is 64.5 Å². The lowest BCUT2D eigenvalue weighted by Gasteiger charge is -2.22. The molecule has 1 amide bonds. The van der Waals surface area contributed by atoms with Crippen LogP contribution in [-0.4, -0.2) is 69.4 Å². The number of halogens is 3. The van der Waals surface area contributed by atoms with Gasteiger partial charge in [0.15, 0.2) is 5.69 Å². The Labute approximate surface area is 245 Å². The molecule has 1 aromatic carbocycles. The lowest BCUT2D eigenvalue weighted by Crippen LogP contribution is -2.35. The number of fused-ring (bicyclic) bond motifs is 2. The van der Waals surface area contributed by atoms with Crippen molar-refractivity contribution in [3.8, 4) is 22.5 Å². The summed E-state index contributed by atoms with van der Waals surface area (Å²) < 4.78 is 45.5. The van der Waals surface area contributed by atoms with Crippen LogP contribution in [0.3, 0.4) is 0 Å². The van der Waals surface area contributed by atoms with Gasteiger partial charge in [-0.1, -0.05) is 17.3 Å². The van der Waals surface area contributed by atoms with E-state index < -0.39 is 24.7 Å². The first kappa shape index (κ1) is 28.5.